The fourth-order valence-electron chi connectivity index (χ4n) is 2.85. The summed E-state index contributed by atoms with van der Waals surface area (Å²) in [6, 6.07) is 15.2. The van der Waals surface area contributed by atoms with Gasteiger partial charge in [0.1, 0.15) is 22.9 Å². The fraction of sp³-hybridized carbons (Fsp3) is 0.182. The molecular weight excluding hydrogens is 502 g/mol. The van der Waals surface area contributed by atoms with Crippen LogP contribution >= 0.6 is 22.6 Å². The van der Waals surface area contributed by atoms with Crippen molar-refractivity contribution < 1.29 is 23.4 Å². The average Bonchev–Trinajstić information content (AvgIpc) is 2.74. The highest BCUT2D eigenvalue weighted by Gasteiger charge is 2.21. The van der Waals surface area contributed by atoms with Crippen LogP contribution in [-0.2, 0) is 11.3 Å². The van der Waals surface area contributed by atoms with E-state index in [9.17, 15) is 9.18 Å². The number of carbonyl (C=O) groups excluding carboxylic acids is 1. The molecule has 156 valence electrons. The first kappa shape index (κ1) is 21.8. The summed E-state index contributed by atoms with van der Waals surface area (Å²) >= 11 is 2.18. The van der Waals surface area contributed by atoms with E-state index in [1.165, 1.54) is 24.0 Å². The molecule has 30 heavy (non-hydrogen) atoms. The molecule has 2 aromatic carbocycles. The van der Waals surface area contributed by atoms with Gasteiger partial charge in [0.15, 0.2) is 0 Å². The summed E-state index contributed by atoms with van der Waals surface area (Å²) in [6.07, 6.45) is 0. The molecule has 0 aliphatic heterocycles. The number of methoxy groups -OCH3 is 2. The minimum absolute atomic E-state index is 0.00623. The molecule has 0 bridgehead atoms. The van der Waals surface area contributed by atoms with Crippen LogP contribution in [0.15, 0.2) is 54.6 Å². The topological polar surface area (TPSA) is 60.9 Å². The highest BCUT2D eigenvalue weighted by Crippen LogP contribution is 2.34. The zero-order valence-corrected chi connectivity index (χ0v) is 18.8. The van der Waals surface area contributed by atoms with Crippen molar-refractivity contribution in [3.63, 3.8) is 0 Å². The van der Waals surface area contributed by atoms with Gasteiger partial charge in [-0.05, 0) is 77.2 Å². The molecule has 1 aromatic heterocycles. The molecule has 0 atom stereocenters. The number of rotatable bonds is 7. The van der Waals surface area contributed by atoms with Crippen LogP contribution in [-0.4, -0.2) is 25.1 Å². The Morgan fingerprint density at radius 1 is 1.03 bits per heavy atom. The maximum atomic E-state index is 13.9. The van der Waals surface area contributed by atoms with Gasteiger partial charge in [-0.1, -0.05) is 0 Å². The summed E-state index contributed by atoms with van der Waals surface area (Å²) in [5.41, 5.74) is 1.06. The van der Waals surface area contributed by atoms with Gasteiger partial charge >= 0.3 is 0 Å². The summed E-state index contributed by atoms with van der Waals surface area (Å²) < 4.78 is 31.4. The number of anilines is 1. The minimum Gasteiger partial charge on any atom is -0.497 e. The Hall–Kier alpha value is -2.88. The largest absolute Gasteiger partial charge is 0.497 e. The first-order chi connectivity index (χ1) is 14.4. The molecule has 1 heterocycles. The predicted octanol–water partition coefficient (Wildman–Crippen LogP) is 5.19. The van der Waals surface area contributed by atoms with Gasteiger partial charge in [-0.3, -0.25) is 4.79 Å². The fourth-order valence-corrected chi connectivity index (χ4v) is 3.21. The minimum atomic E-state index is -0.707. The number of ether oxygens (including phenoxy) is 3. The number of amides is 1. The second-order valence-corrected chi connectivity index (χ2v) is 7.54. The molecule has 0 saturated carbocycles. The van der Waals surface area contributed by atoms with Crippen LogP contribution in [0.2, 0.25) is 0 Å². The number of pyridine rings is 1. The van der Waals surface area contributed by atoms with Gasteiger partial charge in [-0.2, -0.15) is 9.37 Å². The van der Waals surface area contributed by atoms with Crippen LogP contribution in [0.1, 0.15) is 12.5 Å². The quantitative estimate of drug-likeness (QED) is 0.316. The molecule has 0 spiro atoms. The zero-order valence-electron chi connectivity index (χ0n) is 16.7. The van der Waals surface area contributed by atoms with E-state index in [0.29, 0.717) is 22.9 Å². The lowest BCUT2D eigenvalue weighted by atomic mass is 10.1. The predicted molar refractivity (Wildman–Crippen MR) is 120 cm³/mol. The second-order valence-electron chi connectivity index (χ2n) is 6.30. The number of aromatic nitrogens is 1. The third-order valence-corrected chi connectivity index (χ3v) is 5.04. The first-order valence-corrected chi connectivity index (χ1v) is 10.1. The van der Waals surface area contributed by atoms with Crippen molar-refractivity contribution in [3.05, 3.63) is 69.7 Å². The van der Waals surface area contributed by atoms with E-state index >= 15 is 0 Å². The molecule has 0 fully saturated rings. The number of hydrogen-bond donors (Lipinski definition) is 0. The Morgan fingerprint density at radius 2 is 1.73 bits per heavy atom. The molecule has 3 aromatic rings. The van der Waals surface area contributed by atoms with Crippen molar-refractivity contribution >= 4 is 34.2 Å². The summed E-state index contributed by atoms with van der Waals surface area (Å²) in [5, 5.41) is 0. The van der Waals surface area contributed by atoms with E-state index in [4.69, 9.17) is 14.2 Å². The number of hydrogen-bond acceptors (Lipinski definition) is 5. The van der Waals surface area contributed by atoms with Crippen molar-refractivity contribution in [1.82, 2.24) is 4.98 Å². The summed E-state index contributed by atoms with van der Waals surface area (Å²) in [4.78, 5) is 17.8. The Kier molecular flexibility index (Phi) is 7.09. The average molecular weight is 522 g/mol. The van der Waals surface area contributed by atoms with Crippen molar-refractivity contribution in [2.24, 2.45) is 0 Å². The maximum absolute atomic E-state index is 13.9. The standard InChI is InChI=1S/C22H20FIN2O4/c1-14(27)26(13-15-12-18(28-2)8-10-20(15)29-3)19-9-11-21(23)25-22(19)30-17-6-4-16(24)5-7-17/h4-12H,13H2,1-3H3. The molecule has 1 amide bonds. The SMILES string of the molecule is COc1ccc(OC)c(CN(C(C)=O)c2ccc(F)nc2Oc2ccc(I)cc2)c1. The summed E-state index contributed by atoms with van der Waals surface area (Å²) in [5.74, 6) is 0.729. The molecule has 3 rings (SSSR count). The van der Waals surface area contributed by atoms with Crippen LogP contribution in [0.25, 0.3) is 0 Å². The molecule has 0 unspecified atom stereocenters. The summed E-state index contributed by atoms with van der Waals surface area (Å²) in [7, 11) is 3.11. The smallest absolute Gasteiger partial charge is 0.246 e. The lowest BCUT2D eigenvalue weighted by Gasteiger charge is -2.24. The molecule has 0 aliphatic carbocycles. The molecule has 0 radical (unpaired) electrons. The molecule has 0 saturated heterocycles. The third-order valence-electron chi connectivity index (χ3n) is 4.32. The zero-order chi connectivity index (χ0) is 21.7. The van der Waals surface area contributed by atoms with E-state index in [1.54, 1.807) is 44.6 Å². The van der Waals surface area contributed by atoms with Gasteiger partial charge in [-0.25, -0.2) is 0 Å². The van der Waals surface area contributed by atoms with E-state index in [2.05, 4.69) is 27.6 Å². The van der Waals surface area contributed by atoms with E-state index in [-0.39, 0.29) is 18.3 Å². The maximum Gasteiger partial charge on any atom is 0.246 e. The Labute approximate surface area is 187 Å². The third kappa shape index (κ3) is 5.18. The highest BCUT2D eigenvalue weighted by atomic mass is 127. The van der Waals surface area contributed by atoms with Gasteiger partial charge in [0, 0.05) is 16.1 Å². The normalized spacial score (nSPS) is 10.4. The number of carbonyl (C=O) groups is 1. The van der Waals surface area contributed by atoms with Gasteiger partial charge in [-0.15, -0.1) is 0 Å². The van der Waals surface area contributed by atoms with Crippen molar-refractivity contribution in [3.8, 4) is 23.1 Å². The van der Waals surface area contributed by atoms with Crippen LogP contribution in [0.4, 0.5) is 10.1 Å². The highest BCUT2D eigenvalue weighted by molar-refractivity contribution is 14.1. The molecular formula is C22H20FIN2O4. The summed E-state index contributed by atoms with van der Waals surface area (Å²) in [6.45, 7) is 1.58. The van der Waals surface area contributed by atoms with Crippen LogP contribution in [0.3, 0.4) is 0 Å². The van der Waals surface area contributed by atoms with Crippen LogP contribution < -0.4 is 19.1 Å². The lowest BCUT2D eigenvalue weighted by Crippen LogP contribution is -2.28. The number of benzene rings is 2. The Morgan fingerprint density at radius 3 is 2.37 bits per heavy atom. The van der Waals surface area contributed by atoms with E-state index < -0.39 is 5.95 Å². The monoisotopic (exact) mass is 522 g/mol. The van der Waals surface area contributed by atoms with Gasteiger partial charge < -0.3 is 19.1 Å². The van der Waals surface area contributed by atoms with E-state index in [1.807, 2.05) is 12.1 Å². The van der Waals surface area contributed by atoms with Crippen molar-refractivity contribution in [2.45, 2.75) is 13.5 Å². The molecule has 8 heteroatoms. The van der Waals surface area contributed by atoms with Crippen molar-refractivity contribution in [1.29, 1.82) is 0 Å². The molecule has 0 aliphatic rings. The van der Waals surface area contributed by atoms with Crippen LogP contribution in [0.5, 0.6) is 23.1 Å². The van der Waals surface area contributed by atoms with Crippen molar-refractivity contribution in [2.75, 3.05) is 19.1 Å². The Balaban J connectivity index is 2.00. The number of halogens is 2. The van der Waals surface area contributed by atoms with Gasteiger partial charge in [0.25, 0.3) is 0 Å². The second kappa shape index (κ2) is 9.75. The molecule has 6 nitrogen and oxygen atoms in total. The van der Waals surface area contributed by atoms with Gasteiger partial charge in [0.2, 0.25) is 17.7 Å². The van der Waals surface area contributed by atoms with Gasteiger partial charge in [0.05, 0.1) is 20.8 Å². The number of nitrogens with zero attached hydrogens (tertiary/aromatic N) is 2. The lowest BCUT2D eigenvalue weighted by molar-refractivity contribution is -0.116. The Bertz CT molecular complexity index is 1040. The molecule has 0 N–H and O–H groups in total. The van der Waals surface area contributed by atoms with E-state index in [0.717, 1.165) is 9.13 Å². The van der Waals surface area contributed by atoms with Crippen LogP contribution in [0, 0.1) is 9.52 Å². The first-order valence-electron chi connectivity index (χ1n) is 9.00.